The number of ether oxygens (including phenoxy) is 1. The molecule has 31 heavy (non-hydrogen) atoms. The highest BCUT2D eigenvalue weighted by Crippen LogP contribution is 2.42. The quantitative estimate of drug-likeness (QED) is 0.484. The van der Waals surface area contributed by atoms with Crippen LogP contribution in [0.1, 0.15) is 49.7 Å². The average molecular weight is 443 g/mol. The SMILES string of the molecule is CCOC[C@@]1(CCc2sc(F)c3nccnc23)CCN(C(C)(C)c2ccc(C)nc2)C1. The van der Waals surface area contributed by atoms with E-state index in [-0.39, 0.29) is 16.1 Å². The molecule has 4 heterocycles. The number of fused-ring (bicyclic) bond motifs is 1. The minimum Gasteiger partial charge on any atom is -0.381 e. The van der Waals surface area contributed by atoms with Crippen molar-refractivity contribution in [3.8, 4) is 0 Å². The van der Waals surface area contributed by atoms with Gasteiger partial charge in [0, 0.05) is 53.3 Å². The van der Waals surface area contributed by atoms with E-state index in [1.54, 1.807) is 12.4 Å². The fourth-order valence-corrected chi connectivity index (χ4v) is 5.49. The second-order valence-corrected chi connectivity index (χ2v) is 10.2. The maximum Gasteiger partial charge on any atom is 0.204 e. The van der Waals surface area contributed by atoms with Crippen molar-refractivity contribution in [2.24, 2.45) is 5.41 Å². The molecule has 0 saturated carbocycles. The molecular formula is C24H31FN4OS. The van der Waals surface area contributed by atoms with Crippen LogP contribution in [0, 0.1) is 17.5 Å². The Balaban J connectivity index is 1.53. The fourth-order valence-electron chi connectivity index (χ4n) is 4.58. The topological polar surface area (TPSA) is 51.1 Å². The van der Waals surface area contributed by atoms with E-state index in [0.717, 1.165) is 49.5 Å². The molecule has 0 unspecified atom stereocenters. The van der Waals surface area contributed by atoms with Gasteiger partial charge in [-0.3, -0.25) is 14.9 Å². The number of aromatic nitrogens is 3. The van der Waals surface area contributed by atoms with Gasteiger partial charge >= 0.3 is 0 Å². The molecule has 0 spiro atoms. The summed E-state index contributed by atoms with van der Waals surface area (Å²) >= 11 is 1.18. The highest BCUT2D eigenvalue weighted by molar-refractivity contribution is 7.11. The van der Waals surface area contributed by atoms with E-state index in [2.05, 4.69) is 45.8 Å². The third kappa shape index (κ3) is 4.49. The molecule has 0 N–H and O–H groups in total. The van der Waals surface area contributed by atoms with E-state index >= 15 is 0 Å². The molecule has 1 fully saturated rings. The third-order valence-electron chi connectivity index (χ3n) is 6.70. The van der Waals surface area contributed by atoms with Gasteiger partial charge in [-0.15, -0.1) is 11.3 Å². The zero-order valence-electron chi connectivity index (χ0n) is 18.8. The van der Waals surface area contributed by atoms with Gasteiger partial charge < -0.3 is 4.74 Å². The first kappa shape index (κ1) is 22.2. The van der Waals surface area contributed by atoms with Gasteiger partial charge in [0.05, 0.1) is 6.61 Å². The Bertz CT molecular complexity index is 1040. The summed E-state index contributed by atoms with van der Waals surface area (Å²) in [6, 6.07) is 4.27. The van der Waals surface area contributed by atoms with Crippen molar-refractivity contribution in [3.63, 3.8) is 0 Å². The summed E-state index contributed by atoms with van der Waals surface area (Å²) in [4.78, 5) is 16.6. The second-order valence-electron chi connectivity index (χ2n) is 9.11. The molecule has 0 aromatic carbocycles. The minimum absolute atomic E-state index is 0.0421. The summed E-state index contributed by atoms with van der Waals surface area (Å²) in [6.07, 6.45) is 7.98. The number of nitrogens with zero attached hydrogens (tertiary/aromatic N) is 4. The predicted molar refractivity (Wildman–Crippen MR) is 123 cm³/mol. The average Bonchev–Trinajstić information content (AvgIpc) is 3.34. The zero-order chi connectivity index (χ0) is 22.1. The maximum atomic E-state index is 14.3. The molecule has 1 saturated heterocycles. The van der Waals surface area contributed by atoms with Crippen LogP contribution in [0.3, 0.4) is 0 Å². The molecule has 7 heteroatoms. The molecule has 1 aliphatic rings. The molecule has 3 aromatic heterocycles. The van der Waals surface area contributed by atoms with Crippen LogP contribution < -0.4 is 0 Å². The van der Waals surface area contributed by atoms with Crippen molar-refractivity contribution >= 4 is 22.4 Å². The Morgan fingerprint density at radius 1 is 1.19 bits per heavy atom. The molecule has 0 bridgehead atoms. The zero-order valence-corrected chi connectivity index (χ0v) is 19.6. The number of rotatable bonds is 8. The molecule has 1 aliphatic heterocycles. The molecule has 0 aliphatic carbocycles. The van der Waals surface area contributed by atoms with Crippen molar-refractivity contribution in [3.05, 3.63) is 52.0 Å². The van der Waals surface area contributed by atoms with Crippen LogP contribution >= 0.6 is 11.3 Å². The first-order valence-corrected chi connectivity index (χ1v) is 11.8. The van der Waals surface area contributed by atoms with E-state index in [1.807, 2.05) is 20.0 Å². The Morgan fingerprint density at radius 3 is 2.68 bits per heavy atom. The van der Waals surface area contributed by atoms with Crippen molar-refractivity contribution < 1.29 is 9.13 Å². The Hall–Kier alpha value is -1.96. The smallest absolute Gasteiger partial charge is 0.204 e. The van der Waals surface area contributed by atoms with E-state index in [9.17, 15) is 4.39 Å². The molecule has 5 nitrogen and oxygen atoms in total. The van der Waals surface area contributed by atoms with Gasteiger partial charge in [0.2, 0.25) is 5.13 Å². The lowest BCUT2D eigenvalue weighted by atomic mass is 9.82. The number of thiophene rings is 1. The largest absolute Gasteiger partial charge is 0.381 e. The fraction of sp³-hybridized carbons (Fsp3) is 0.542. The summed E-state index contributed by atoms with van der Waals surface area (Å²) in [5.41, 5.74) is 3.29. The molecule has 166 valence electrons. The lowest BCUT2D eigenvalue weighted by Crippen LogP contribution is -2.42. The number of pyridine rings is 1. The highest BCUT2D eigenvalue weighted by atomic mass is 32.1. The molecule has 1 atom stereocenters. The van der Waals surface area contributed by atoms with Crippen molar-refractivity contribution in [2.45, 2.75) is 52.5 Å². The minimum atomic E-state index is -0.238. The van der Waals surface area contributed by atoms with E-state index in [4.69, 9.17) is 4.74 Å². The molecule has 4 rings (SSSR count). The Labute approximate surface area is 187 Å². The van der Waals surface area contributed by atoms with Gasteiger partial charge in [0.1, 0.15) is 11.0 Å². The Morgan fingerprint density at radius 2 is 1.97 bits per heavy atom. The number of halogens is 1. The third-order valence-corrected chi connectivity index (χ3v) is 7.72. The van der Waals surface area contributed by atoms with E-state index in [0.29, 0.717) is 17.6 Å². The Kier molecular flexibility index (Phi) is 6.37. The monoisotopic (exact) mass is 442 g/mol. The predicted octanol–water partition coefficient (Wildman–Crippen LogP) is 5.13. The second kappa shape index (κ2) is 8.88. The van der Waals surface area contributed by atoms with Crippen molar-refractivity contribution in [1.82, 2.24) is 19.9 Å². The molecule has 3 aromatic rings. The van der Waals surface area contributed by atoms with Crippen LogP contribution in [0.4, 0.5) is 4.39 Å². The summed E-state index contributed by atoms with van der Waals surface area (Å²) in [5.74, 6) is 0. The van der Waals surface area contributed by atoms with E-state index in [1.165, 1.54) is 16.9 Å². The summed E-state index contributed by atoms with van der Waals surface area (Å²) in [6.45, 7) is 12.0. The normalized spacial score (nSPS) is 20.0. The van der Waals surface area contributed by atoms with Crippen LogP contribution in [0.2, 0.25) is 0 Å². The molecule has 0 amide bonds. The lowest BCUT2D eigenvalue weighted by molar-refractivity contribution is 0.0386. The summed E-state index contributed by atoms with van der Waals surface area (Å²) < 4.78 is 20.3. The van der Waals surface area contributed by atoms with Gasteiger partial charge in [0.15, 0.2) is 0 Å². The van der Waals surface area contributed by atoms with Gasteiger partial charge in [-0.05, 0) is 65.1 Å². The first-order chi connectivity index (χ1) is 14.8. The number of hydrogen-bond donors (Lipinski definition) is 0. The molecule has 0 radical (unpaired) electrons. The summed E-state index contributed by atoms with van der Waals surface area (Å²) in [7, 11) is 0. The van der Waals surface area contributed by atoms with Crippen LogP contribution in [-0.2, 0) is 16.7 Å². The number of aryl methyl sites for hydroxylation is 2. The maximum absolute atomic E-state index is 14.3. The van der Waals surface area contributed by atoms with Crippen molar-refractivity contribution in [1.29, 1.82) is 0 Å². The van der Waals surface area contributed by atoms with Gasteiger partial charge in [-0.2, -0.15) is 4.39 Å². The number of hydrogen-bond acceptors (Lipinski definition) is 6. The van der Waals surface area contributed by atoms with Crippen LogP contribution in [0.25, 0.3) is 11.0 Å². The summed E-state index contributed by atoms with van der Waals surface area (Å²) in [5, 5.41) is -0.238. The van der Waals surface area contributed by atoms with Gasteiger partial charge in [0.25, 0.3) is 0 Å². The standard InChI is InChI=1S/C24H31FN4OS/c1-5-30-16-24(9-8-19-20-21(22(25)31-19)27-12-11-26-20)10-13-29(15-24)23(3,4)18-7-6-17(2)28-14-18/h6-7,11-12,14H,5,8-10,13,15-16H2,1-4H3/t24-/m0/s1. The van der Waals surface area contributed by atoms with Crippen LogP contribution in [0.5, 0.6) is 0 Å². The highest BCUT2D eigenvalue weighted by Gasteiger charge is 2.43. The van der Waals surface area contributed by atoms with E-state index < -0.39 is 0 Å². The van der Waals surface area contributed by atoms with Crippen molar-refractivity contribution in [2.75, 3.05) is 26.3 Å². The van der Waals surface area contributed by atoms with Crippen LogP contribution in [-0.4, -0.2) is 46.2 Å². The molecular weight excluding hydrogens is 411 g/mol. The van der Waals surface area contributed by atoms with Gasteiger partial charge in [-0.25, -0.2) is 4.98 Å². The van der Waals surface area contributed by atoms with Crippen LogP contribution in [0.15, 0.2) is 30.7 Å². The first-order valence-electron chi connectivity index (χ1n) is 11.0. The van der Waals surface area contributed by atoms with Gasteiger partial charge in [-0.1, -0.05) is 6.07 Å². The lowest BCUT2D eigenvalue weighted by Gasteiger charge is -2.38. The number of likely N-dealkylation sites (tertiary alicyclic amines) is 1.